The van der Waals surface area contributed by atoms with Crippen LogP contribution in [0.25, 0.3) is 76.9 Å². The Balaban J connectivity index is 1.11. The van der Waals surface area contributed by atoms with Crippen LogP contribution in [0.15, 0.2) is 205 Å². The lowest BCUT2D eigenvalue weighted by atomic mass is 9.95. The summed E-state index contributed by atoms with van der Waals surface area (Å²) in [7, 11) is 0. The van der Waals surface area contributed by atoms with Gasteiger partial charge >= 0.3 is 0 Å². The number of fused-ring (bicyclic) bond motifs is 6. The molecule has 0 bridgehead atoms. The highest BCUT2D eigenvalue weighted by atomic mass is 16.3. The summed E-state index contributed by atoms with van der Waals surface area (Å²) >= 11 is 0. The normalized spacial score (nSPS) is 11.5. The van der Waals surface area contributed by atoms with Gasteiger partial charge < -0.3 is 9.32 Å². The molecule has 0 spiro atoms. The highest BCUT2D eigenvalue weighted by Crippen LogP contribution is 2.44. The molecular formula is C50H33NO. The molecule has 0 amide bonds. The van der Waals surface area contributed by atoms with E-state index in [4.69, 9.17) is 4.42 Å². The summed E-state index contributed by atoms with van der Waals surface area (Å²) in [6.45, 7) is 0. The van der Waals surface area contributed by atoms with Crippen LogP contribution in [0.2, 0.25) is 0 Å². The Hall–Kier alpha value is -6.90. The van der Waals surface area contributed by atoms with E-state index in [9.17, 15) is 0 Å². The Morgan fingerprint density at radius 2 is 0.769 bits per heavy atom. The molecule has 0 fully saturated rings. The second kappa shape index (κ2) is 12.5. The summed E-state index contributed by atoms with van der Waals surface area (Å²) in [5.41, 5.74) is 12.4. The van der Waals surface area contributed by atoms with Crippen molar-refractivity contribution in [3.63, 3.8) is 0 Å². The molecule has 0 atom stereocenters. The number of para-hydroxylation sites is 1. The Bertz CT molecular complexity index is 2870. The second-order valence-electron chi connectivity index (χ2n) is 13.3. The molecule has 0 N–H and O–H groups in total. The topological polar surface area (TPSA) is 16.4 Å². The SMILES string of the molecule is c1ccc(-c2ccc(N(c3ccc(-c4cccc5c4ccc4c6ccccc6oc54)cc3)c3ccc(-c4ccccc4)c4ccccc34)cc2)cc1. The van der Waals surface area contributed by atoms with E-state index in [0.29, 0.717) is 0 Å². The molecule has 0 saturated carbocycles. The summed E-state index contributed by atoms with van der Waals surface area (Å²) in [4.78, 5) is 2.39. The van der Waals surface area contributed by atoms with E-state index >= 15 is 0 Å². The molecule has 1 aromatic heterocycles. The van der Waals surface area contributed by atoms with Crippen LogP contribution in [0, 0.1) is 0 Å². The van der Waals surface area contributed by atoms with E-state index in [-0.39, 0.29) is 0 Å². The Morgan fingerprint density at radius 1 is 0.288 bits per heavy atom. The maximum absolute atomic E-state index is 6.41. The zero-order chi connectivity index (χ0) is 34.4. The summed E-state index contributed by atoms with van der Waals surface area (Å²) in [5.74, 6) is 0. The molecule has 52 heavy (non-hydrogen) atoms. The molecule has 10 rings (SSSR count). The van der Waals surface area contributed by atoms with Gasteiger partial charge in [0.15, 0.2) is 0 Å². The number of hydrogen-bond acceptors (Lipinski definition) is 2. The smallest absolute Gasteiger partial charge is 0.143 e. The number of anilines is 3. The number of nitrogens with zero attached hydrogens (tertiary/aromatic N) is 1. The van der Waals surface area contributed by atoms with E-state index in [0.717, 1.165) is 50.0 Å². The van der Waals surface area contributed by atoms with E-state index in [1.54, 1.807) is 0 Å². The average molecular weight is 664 g/mol. The molecule has 1 heterocycles. The molecule has 2 nitrogen and oxygen atoms in total. The minimum atomic E-state index is 0.918. The van der Waals surface area contributed by atoms with Crippen LogP contribution < -0.4 is 4.90 Å². The minimum Gasteiger partial charge on any atom is -0.455 e. The zero-order valence-electron chi connectivity index (χ0n) is 28.4. The van der Waals surface area contributed by atoms with Gasteiger partial charge in [-0.15, -0.1) is 0 Å². The second-order valence-corrected chi connectivity index (χ2v) is 13.3. The third-order valence-electron chi connectivity index (χ3n) is 10.3. The predicted molar refractivity (Wildman–Crippen MR) is 220 cm³/mol. The third kappa shape index (κ3) is 5.04. The summed E-state index contributed by atoms with van der Waals surface area (Å²) < 4.78 is 6.41. The number of hydrogen-bond donors (Lipinski definition) is 0. The van der Waals surface area contributed by atoms with Crippen molar-refractivity contribution in [2.24, 2.45) is 0 Å². The van der Waals surface area contributed by atoms with Gasteiger partial charge in [-0.25, -0.2) is 0 Å². The number of benzene rings is 9. The average Bonchev–Trinajstić information content (AvgIpc) is 3.61. The van der Waals surface area contributed by atoms with Crippen molar-refractivity contribution >= 4 is 60.5 Å². The van der Waals surface area contributed by atoms with Crippen LogP contribution in [0.3, 0.4) is 0 Å². The number of furan rings is 1. The van der Waals surface area contributed by atoms with Crippen LogP contribution in [-0.4, -0.2) is 0 Å². The van der Waals surface area contributed by atoms with Gasteiger partial charge in [0.05, 0.1) is 5.69 Å². The molecule has 0 saturated heterocycles. The maximum Gasteiger partial charge on any atom is 0.143 e. The predicted octanol–water partition coefficient (Wildman–Crippen LogP) is 14.4. The quantitative estimate of drug-likeness (QED) is 0.176. The molecule has 9 aromatic carbocycles. The van der Waals surface area contributed by atoms with Crippen molar-refractivity contribution in [3.8, 4) is 33.4 Å². The van der Waals surface area contributed by atoms with Crippen LogP contribution in [0.5, 0.6) is 0 Å². The van der Waals surface area contributed by atoms with Gasteiger partial charge in [0.25, 0.3) is 0 Å². The first-order valence-corrected chi connectivity index (χ1v) is 17.8. The van der Waals surface area contributed by atoms with Crippen LogP contribution in [0.4, 0.5) is 17.1 Å². The van der Waals surface area contributed by atoms with Crippen molar-refractivity contribution in [2.75, 3.05) is 4.90 Å². The van der Waals surface area contributed by atoms with Gasteiger partial charge in [-0.1, -0.05) is 158 Å². The van der Waals surface area contributed by atoms with E-state index in [2.05, 4.69) is 193 Å². The Kier molecular flexibility index (Phi) is 7.18. The molecule has 0 aliphatic rings. The minimum absolute atomic E-state index is 0.918. The van der Waals surface area contributed by atoms with E-state index < -0.39 is 0 Å². The summed E-state index contributed by atoms with van der Waals surface area (Å²) in [6, 6.07) is 71.7. The lowest BCUT2D eigenvalue weighted by molar-refractivity contribution is 0.672. The first-order valence-electron chi connectivity index (χ1n) is 17.8. The van der Waals surface area contributed by atoms with E-state index in [1.165, 1.54) is 44.0 Å². The van der Waals surface area contributed by atoms with Gasteiger partial charge in [0, 0.05) is 32.9 Å². The van der Waals surface area contributed by atoms with Gasteiger partial charge in [-0.05, 0) is 86.6 Å². The standard InChI is InChI=1S/C50H33NO/c1-3-12-34(13-4-1)35-22-26-38(27-23-35)51(48-33-32-41(36-14-5-2-6-15-36)42-16-7-8-17-44(42)48)39-28-24-37(25-29-39)40-19-11-20-46-43(40)30-31-47-45-18-9-10-21-49(45)52-50(46)47/h1-33H. The molecule has 0 radical (unpaired) electrons. The Morgan fingerprint density at radius 3 is 1.50 bits per heavy atom. The first-order chi connectivity index (χ1) is 25.8. The van der Waals surface area contributed by atoms with Crippen LogP contribution in [0.1, 0.15) is 0 Å². The molecular weight excluding hydrogens is 631 g/mol. The molecule has 10 aromatic rings. The fraction of sp³-hybridized carbons (Fsp3) is 0. The van der Waals surface area contributed by atoms with Crippen LogP contribution >= 0.6 is 0 Å². The van der Waals surface area contributed by atoms with Gasteiger partial charge in [0.1, 0.15) is 11.2 Å². The Labute approximate surface area is 302 Å². The molecule has 0 aliphatic carbocycles. The van der Waals surface area contributed by atoms with Gasteiger partial charge in [-0.2, -0.15) is 0 Å². The first kappa shape index (κ1) is 30.0. The van der Waals surface area contributed by atoms with Crippen molar-refractivity contribution in [2.45, 2.75) is 0 Å². The summed E-state index contributed by atoms with van der Waals surface area (Å²) in [5, 5.41) is 7.02. The fourth-order valence-electron chi connectivity index (χ4n) is 7.79. The molecule has 244 valence electrons. The van der Waals surface area contributed by atoms with Crippen molar-refractivity contribution in [3.05, 3.63) is 200 Å². The molecule has 0 aliphatic heterocycles. The van der Waals surface area contributed by atoms with E-state index in [1.807, 2.05) is 12.1 Å². The fourth-order valence-corrected chi connectivity index (χ4v) is 7.79. The molecule has 0 unspecified atom stereocenters. The van der Waals surface area contributed by atoms with Crippen LogP contribution in [-0.2, 0) is 0 Å². The van der Waals surface area contributed by atoms with Crippen molar-refractivity contribution in [1.82, 2.24) is 0 Å². The lowest BCUT2D eigenvalue weighted by Crippen LogP contribution is -2.10. The highest BCUT2D eigenvalue weighted by molar-refractivity contribution is 6.17. The maximum atomic E-state index is 6.41. The lowest BCUT2D eigenvalue weighted by Gasteiger charge is -2.28. The zero-order valence-corrected chi connectivity index (χ0v) is 28.4. The van der Waals surface area contributed by atoms with Gasteiger partial charge in [-0.3, -0.25) is 0 Å². The summed E-state index contributed by atoms with van der Waals surface area (Å²) in [6.07, 6.45) is 0. The highest BCUT2D eigenvalue weighted by Gasteiger charge is 2.19. The third-order valence-corrected chi connectivity index (χ3v) is 10.3. The van der Waals surface area contributed by atoms with Gasteiger partial charge in [0.2, 0.25) is 0 Å². The largest absolute Gasteiger partial charge is 0.455 e. The van der Waals surface area contributed by atoms with Crippen molar-refractivity contribution in [1.29, 1.82) is 0 Å². The van der Waals surface area contributed by atoms with Crippen molar-refractivity contribution < 1.29 is 4.42 Å². The monoisotopic (exact) mass is 663 g/mol. The molecule has 2 heteroatoms. The number of rotatable bonds is 6.